The molecule has 1 rings (SSSR count). The first-order chi connectivity index (χ1) is 5.68. The lowest BCUT2D eigenvalue weighted by atomic mass is 10.1. The van der Waals surface area contributed by atoms with Crippen LogP contribution < -0.4 is 0 Å². The van der Waals surface area contributed by atoms with Crippen LogP contribution in [-0.2, 0) is 4.74 Å². The lowest BCUT2D eigenvalue weighted by molar-refractivity contribution is 0.0690. The summed E-state index contributed by atoms with van der Waals surface area (Å²) in [6, 6.07) is 0. The van der Waals surface area contributed by atoms with Gasteiger partial charge in [-0.1, -0.05) is 11.6 Å². The van der Waals surface area contributed by atoms with Gasteiger partial charge < -0.3 is 9.84 Å². The molecule has 0 bridgehead atoms. The standard InChI is InChI=1S/C10H18O2/c1-8(2)6-9(11)7-10-4-3-5-12-10/h6,9-11H,3-5,7H2,1-2H3. The molecule has 2 unspecified atom stereocenters. The molecule has 1 heterocycles. The third-order valence-corrected chi connectivity index (χ3v) is 2.05. The van der Waals surface area contributed by atoms with Gasteiger partial charge in [0.25, 0.3) is 0 Å². The molecule has 1 aliphatic heterocycles. The summed E-state index contributed by atoms with van der Waals surface area (Å²) in [7, 11) is 0. The smallest absolute Gasteiger partial charge is 0.0748 e. The molecule has 2 nitrogen and oxygen atoms in total. The van der Waals surface area contributed by atoms with Crippen LogP contribution in [0.25, 0.3) is 0 Å². The van der Waals surface area contributed by atoms with Crippen molar-refractivity contribution in [1.82, 2.24) is 0 Å². The minimum Gasteiger partial charge on any atom is -0.389 e. The summed E-state index contributed by atoms with van der Waals surface area (Å²) in [5, 5.41) is 9.52. The van der Waals surface area contributed by atoms with Crippen LogP contribution in [-0.4, -0.2) is 23.9 Å². The van der Waals surface area contributed by atoms with E-state index in [4.69, 9.17) is 4.74 Å². The second kappa shape index (κ2) is 4.63. The zero-order valence-corrected chi connectivity index (χ0v) is 7.92. The van der Waals surface area contributed by atoms with Crippen LogP contribution in [0.15, 0.2) is 11.6 Å². The van der Waals surface area contributed by atoms with E-state index in [9.17, 15) is 5.11 Å². The van der Waals surface area contributed by atoms with Crippen LogP contribution >= 0.6 is 0 Å². The summed E-state index contributed by atoms with van der Waals surface area (Å²) >= 11 is 0. The van der Waals surface area contributed by atoms with E-state index in [1.807, 2.05) is 19.9 Å². The fraction of sp³-hybridized carbons (Fsp3) is 0.800. The van der Waals surface area contributed by atoms with Gasteiger partial charge in [0.1, 0.15) is 0 Å². The van der Waals surface area contributed by atoms with E-state index in [0.29, 0.717) is 0 Å². The molecular formula is C10H18O2. The van der Waals surface area contributed by atoms with Crippen LogP contribution in [0.5, 0.6) is 0 Å². The number of aliphatic hydroxyl groups excluding tert-OH is 1. The second-order valence-electron chi connectivity index (χ2n) is 3.68. The Kier molecular flexibility index (Phi) is 3.76. The normalized spacial score (nSPS) is 25.4. The Balaban J connectivity index is 2.25. The molecule has 70 valence electrons. The molecule has 0 saturated carbocycles. The Hall–Kier alpha value is -0.340. The SMILES string of the molecule is CC(C)=CC(O)CC1CCCO1. The van der Waals surface area contributed by atoms with Gasteiger partial charge in [-0.05, 0) is 26.7 Å². The molecule has 0 amide bonds. The third-order valence-electron chi connectivity index (χ3n) is 2.05. The van der Waals surface area contributed by atoms with Crippen molar-refractivity contribution in [3.8, 4) is 0 Å². The second-order valence-corrected chi connectivity index (χ2v) is 3.68. The lowest BCUT2D eigenvalue weighted by Gasteiger charge is -2.12. The van der Waals surface area contributed by atoms with Crippen molar-refractivity contribution in [3.05, 3.63) is 11.6 Å². The number of ether oxygens (including phenoxy) is 1. The van der Waals surface area contributed by atoms with E-state index >= 15 is 0 Å². The van der Waals surface area contributed by atoms with E-state index < -0.39 is 0 Å². The van der Waals surface area contributed by atoms with Crippen LogP contribution in [0.2, 0.25) is 0 Å². The van der Waals surface area contributed by atoms with E-state index in [0.717, 1.165) is 25.9 Å². The highest BCUT2D eigenvalue weighted by Crippen LogP contribution is 2.17. The third kappa shape index (κ3) is 3.37. The summed E-state index contributed by atoms with van der Waals surface area (Å²) in [6.45, 7) is 4.86. The molecule has 0 spiro atoms. The summed E-state index contributed by atoms with van der Waals surface area (Å²) in [4.78, 5) is 0. The Morgan fingerprint density at radius 2 is 2.42 bits per heavy atom. The maximum Gasteiger partial charge on any atom is 0.0748 e. The summed E-state index contributed by atoms with van der Waals surface area (Å²) < 4.78 is 5.42. The van der Waals surface area contributed by atoms with Gasteiger partial charge in [0, 0.05) is 13.0 Å². The van der Waals surface area contributed by atoms with Gasteiger partial charge in [0.15, 0.2) is 0 Å². The van der Waals surface area contributed by atoms with Crippen molar-refractivity contribution in [2.24, 2.45) is 0 Å². The molecule has 0 aromatic heterocycles. The first-order valence-electron chi connectivity index (χ1n) is 4.63. The fourth-order valence-electron chi connectivity index (χ4n) is 1.55. The lowest BCUT2D eigenvalue weighted by Crippen LogP contribution is -2.15. The van der Waals surface area contributed by atoms with Crippen LogP contribution in [0.4, 0.5) is 0 Å². The zero-order valence-electron chi connectivity index (χ0n) is 7.92. The predicted molar refractivity (Wildman–Crippen MR) is 49.0 cm³/mol. The van der Waals surface area contributed by atoms with Crippen LogP contribution in [0.3, 0.4) is 0 Å². The molecular weight excluding hydrogens is 152 g/mol. The van der Waals surface area contributed by atoms with E-state index in [1.165, 1.54) is 5.57 Å². The monoisotopic (exact) mass is 170 g/mol. The van der Waals surface area contributed by atoms with Gasteiger partial charge in [-0.25, -0.2) is 0 Å². The minimum atomic E-state index is -0.321. The van der Waals surface area contributed by atoms with Crippen molar-refractivity contribution in [2.45, 2.75) is 45.3 Å². The van der Waals surface area contributed by atoms with Gasteiger partial charge >= 0.3 is 0 Å². The molecule has 1 fully saturated rings. The quantitative estimate of drug-likeness (QED) is 0.655. The number of rotatable bonds is 3. The minimum absolute atomic E-state index is 0.288. The molecule has 0 aromatic carbocycles. The highest BCUT2D eigenvalue weighted by Gasteiger charge is 2.17. The molecule has 1 aliphatic rings. The first-order valence-corrected chi connectivity index (χ1v) is 4.63. The molecule has 0 aliphatic carbocycles. The molecule has 0 radical (unpaired) electrons. The molecule has 12 heavy (non-hydrogen) atoms. The Morgan fingerprint density at radius 1 is 1.67 bits per heavy atom. The van der Waals surface area contributed by atoms with Crippen LogP contribution in [0.1, 0.15) is 33.1 Å². The Bertz CT molecular complexity index is 153. The first kappa shape index (κ1) is 9.75. The molecule has 0 aromatic rings. The number of hydrogen-bond acceptors (Lipinski definition) is 2. The van der Waals surface area contributed by atoms with Crippen molar-refractivity contribution in [1.29, 1.82) is 0 Å². The molecule has 1 N–H and O–H groups in total. The number of hydrogen-bond donors (Lipinski definition) is 1. The maximum absolute atomic E-state index is 9.52. The summed E-state index contributed by atoms with van der Waals surface area (Å²) in [5.41, 5.74) is 1.17. The van der Waals surface area contributed by atoms with Gasteiger partial charge in [-0.2, -0.15) is 0 Å². The summed E-state index contributed by atoms with van der Waals surface area (Å²) in [6.07, 6.45) is 4.86. The fourth-order valence-corrected chi connectivity index (χ4v) is 1.55. The van der Waals surface area contributed by atoms with Crippen molar-refractivity contribution in [3.63, 3.8) is 0 Å². The highest BCUT2D eigenvalue weighted by atomic mass is 16.5. The highest BCUT2D eigenvalue weighted by molar-refractivity contribution is 4.98. The van der Waals surface area contributed by atoms with E-state index in [2.05, 4.69) is 0 Å². The average Bonchev–Trinajstić information content (AvgIpc) is 2.37. The van der Waals surface area contributed by atoms with Crippen molar-refractivity contribution >= 4 is 0 Å². The zero-order chi connectivity index (χ0) is 8.97. The van der Waals surface area contributed by atoms with Crippen molar-refractivity contribution < 1.29 is 9.84 Å². The van der Waals surface area contributed by atoms with Gasteiger partial charge in [-0.3, -0.25) is 0 Å². The van der Waals surface area contributed by atoms with Gasteiger partial charge in [0.05, 0.1) is 12.2 Å². The largest absolute Gasteiger partial charge is 0.389 e. The Morgan fingerprint density at radius 3 is 2.92 bits per heavy atom. The topological polar surface area (TPSA) is 29.5 Å². The number of allylic oxidation sites excluding steroid dienone is 1. The molecule has 2 atom stereocenters. The Labute approximate surface area is 74.2 Å². The van der Waals surface area contributed by atoms with Gasteiger partial charge in [-0.15, -0.1) is 0 Å². The average molecular weight is 170 g/mol. The van der Waals surface area contributed by atoms with E-state index in [1.54, 1.807) is 0 Å². The molecule has 1 saturated heterocycles. The van der Waals surface area contributed by atoms with Gasteiger partial charge in [0.2, 0.25) is 0 Å². The maximum atomic E-state index is 9.52. The molecule has 2 heteroatoms. The predicted octanol–water partition coefficient (Wildman–Crippen LogP) is 1.88. The van der Waals surface area contributed by atoms with Crippen molar-refractivity contribution in [2.75, 3.05) is 6.61 Å². The van der Waals surface area contributed by atoms with Crippen LogP contribution in [0, 0.1) is 0 Å². The summed E-state index contributed by atoms with van der Waals surface area (Å²) in [5.74, 6) is 0. The van der Waals surface area contributed by atoms with E-state index in [-0.39, 0.29) is 12.2 Å². The number of aliphatic hydroxyl groups is 1.